The number of carbonyl (C=O) groups is 3. The van der Waals surface area contributed by atoms with Crippen molar-refractivity contribution in [2.24, 2.45) is 35.0 Å². The average Bonchev–Trinajstić information content (AvgIpc) is 2.60. The summed E-state index contributed by atoms with van der Waals surface area (Å²) in [6, 6.07) is -0.710. The summed E-state index contributed by atoms with van der Waals surface area (Å²) in [5.41, 5.74) is -0.295. The average molecular weight is 393 g/mol. The highest BCUT2D eigenvalue weighted by atomic mass is 16.5. The molecule has 4 aliphatic rings. The maximum Gasteiger partial charge on any atom is 0.329 e. The van der Waals surface area contributed by atoms with E-state index in [0.29, 0.717) is 30.2 Å². The van der Waals surface area contributed by atoms with Crippen LogP contribution in [0.25, 0.3) is 0 Å². The first-order chi connectivity index (χ1) is 13.2. The normalized spacial score (nSPS) is 31.7. The zero-order chi connectivity index (χ0) is 20.5. The lowest BCUT2D eigenvalue weighted by atomic mass is 9.49. The van der Waals surface area contributed by atoms with Crippen LogP contribution in [0.5, 0.6) is 0 Å². The molecule has 2 amide bonds. The number of carbonyl (C=O) groups excluding carboxylic acids is 3. The number of hydrogen-bond acceptors (Lipinski definition) is 4. The standard InChI is InChI=1S/C22H36N2O4/c1-13(2)11-23-18(25)12-28-20(26)19(14(3)4)24-21(27)22-8-15-5-16(9-22)7-17(6-15)10-22/h13-17,19H,5-12H2,1-4H3,(H,23,25)(H,24,27)/t15?,16?,17?,19-,22?/m1/s1. The summed E-state index contributed by atoms with van der Waals surface area (Å²) >= 11 is 0. The Morgan fingerprint density at radius 3 is 1.96 bits per heavy atom. The SMILES string of the molecule is CC(C)CNC(=O)COC(=O)[C@H](NC(=O)C12CC3CC(CC(C3)C1)C2)C(C)C. The Morgan fingerprint density at radius 2 is 1.50 bits per heavy atom. The van der Waals surface area contributed by atoms with E-state index in [9.17, 15) is 14.4 Å². The Balaban J connectivity index is 1.56. The molecule has 0 aromatic carbocycles. The van der Waals surface area contributed by atoms with Gasteiger partial charge in [-0.15, -0.1) is 0 Å². The summed E-state index contributed by atoms with van der Waals surface area (Å²) < 4.78 is 5.21. The molecule has 4 aliphatic carbocycles. The third-order valence-corrected chi connectivity index (χ3v) is 6.78. The number of amides is 2. The molecular formula is C22H36N2O4. The molecule has 0 radical (unpaired) electrons. The summed E-state index contributed by atoms with van der Waals surface area (Å²) in [7, 11) is 0. The number of rotatable bonds is 8. The molecule has 0 saturated heterocycles. The van der Waals surface area contributed by atoms with Crippen LogP contribution in [0.2, 0.25) is 0 Å². The van der Waals surface area contributed by atoms with Gasteiger partial charge < -0.3 is 15.4 Å². The van der Waals surface area contributed by atoms with Crippen molar-refractivity contribution in [2.75, 3.05) is 13.2 Å². The van der Waals surface area contributed by atoms with E-state index in [1.807, 2.05) is 27.7 Å². The van der Waals surface area contributed by atoms with Crippen molar-refractivity contribution < 1.29 is 19.1 Å². The van der Waals surface area contributed by atoms with Gasteiger partial charge in [-0.05, 0) is 68.1 Å². The van der Waals surface area contributed by atoms with Crippen molar-refractivity contribution in [3.05, 3.63) is 0 Å². The number of ether oxygens (including phenoxy) is 1. The van der Waals surface area contributed by atoms with E-state index >= 15 is 0 Å². The fourth-order valence-corrected chi connectivity index (χ4v) is 5.78. The molecule has 28 heavy (non-hydrogen) atoms. The van der Waals surface area contributed by atoms with E-state index in [1.165, 1.54) is 19.3 Å². The monoisotopic (exact) mass is 392 g/mol. The Morgan fingerprint density at radius 1 is 0.964 bits per heavy atom. The van der Waals surface area contributed by atoms with Crippen LogP contribution >= 0.6 is 0 Å². The quantitative estimate of drug-likeness (QED) is 0.622. The second-order valence-electron chi connectivity index (χ2n) is 10.2. The fourth-order valence-electron chi connectivity index (χ4n) is 5.78. The predicted octanol–water partition coefficient (Wildman–Crippen LogP) is 2.66. The minimum atomic E-state index is -0.710. The maximum absolute atomic E-state index is 13.2. The van der Waals surface area contributed by atoms with Gasteiger partial charge in [0.25, 0.3) is 5.91 Å². The zero-order valence-corrected chi connectivity index (χ0v) is 17.8. The Bertz CT molecular complexity index is 578. The molecule has 1 atom stereocenters. The van der Waals surface area contributed by atoms with Crippen molar-refractivity contribution in [3.8, 4) is 0 Å². The van der Waals surface area contributed by atoms with Crippen molar-refractivity contribution in [1.82, 2.24) is 10.6 Å². The van der Waals surface area contributed by atoms with Crippen LogP contribution in [0.3, 0.4) is 0 Å². The first kappa shape index (κ1) is 21.1. The molecule has 4 rings (SSSR count). The van der Waals surface area contributed by atoms with Crippen molar-refractivity contribution >= 4 is 17.8 Å². The van der Waals surface area contributed by atoms with Crippen molar-refractivity contribution in [2.45, 2.75) is 72.3 Å². The molecule has 6 heteroatoms. The highest BCUT2D eigenvalue weighted by Gasteiger charge is 2.55. The van der Waals surface area contributed by atoms with Gasteiger partial charge in [-0.3, -0.25) is 9.59 Å². The number of hydrogen-bond donors (Lipinski definition) is 2. The van der Waals surface area contributed by atoms with Crippen molar-refractivity contribution in [1.29, 1.82) is 0 Å². The summed E-state index contributed by atoms with van der Waals surface area (Å²) in [4.78, 5) is 37.6. The number of nitrogens with one attached hydrogen (secondary N) is 2. The zero-order valence-electron chi connectivity index (χ0n) is 17.8. The fraction of sp³-hybridized carbons (Fsp3) is 0.864. The molecule has 0 spiro atoms. The van der Waals surface area contributed by atoms with Gasteiger partial charge in [-0.25, -0.2) is 4.79 Å². The molecule has 158 valence electrons. The molecule has 0 unspecified atom stereocenters. The van der Waals surface area contributed by atoms with Crippen LogP contribution < -0.4 is 10.6 Å². The van der Waals surface area contributed by atoms with E-state index in [1.54, 1.807) is 0 Å². The number of esters is 1. The van der Waals surface area contributed by atoms with Gasteiger partial charge in [0.15, 0.2) is 6.61 Å². The van der Waals surface area contributed by atoms with Gasteiger partial charge in [0.1, 0.15) is 6.04 Å². The predicted molar refractivity (Wildman–Crippen MR) is 106 cm³/mol. The smallest absolute Gasteiger partial charge is 0.329 e. The van der Waals surface area contributed by atoms with E-state index in [0.717, 1.165) is 19.3 Å². The van der Waals surface area contributed by atoms with Crippen molar-refractivity contribution in [3.63, 3.8) is 0 Å². The van der Waals surface area contributed by atoms with E-state index in [4.69, 9.17) is 4.74 Å². The van der Waals surface area contributed by atoms with Crippen LogP contribution in [0.1, 0.15) is 66.2 Å². The Labute approximate surface area is 168 Å². The Kier molecular flexibility index (Phi) is 6.35. The third-order valence-electron chi connectivity index (χ3n) is 6.78. The van der Waals surface area contributed by atoms with Gasteiger partial charge in [0.05, 0.1) is 0 Å². The molecule has 0 aliphatic heterocycles. The summed E-state index contributed by atoms with van der Waals surface area (Å²) in [6.07, 6.45) is 6.70. The lowest BCUT2D eigenvalue weighted by Gasteiger charge is -2.55. The van der Waals surface area contributed by atoms with Crippen LogP contribution in [-0.4, -0.2) is 37.0 Å². The lowest BCUT2D eigenvalue weighted by molar-refractivity contribution is -0.157. The highest BCUT2D eigenvalue weighted by Crippen LogP contribution is 2.60. The van der Waals surface area contributed by atoms with E-state index in [2.05, 4.69) is 10.6 Å². The molecule has 0 aromatic heterocycles. The van der Waals surface area contributed by atoms with Crippen LogP contribution in [0.4, 0.5) is 0 Å². The Hall–Kier alpha value is -1.59. The molecule has 4 bridgehead atoms. The first-order valence-electron chi connectivity index (χ1n) is 10.9. The minimum absolute atomic E-state index is 0.0199. The summed E-state index contributed by atoms with van der Waals surface area (Å²) in [5, 5.41) is 5.73. The third kappa shape index (κ3) is 4.69. The lowest BCUT2D eigenvalue weighted by Crippen LogP contribution is -2.57. The van der Waals surface area contributed by atoms with Crippen LogP contribution in [0.15, 0.2) is 0 Å². The van der Waals surface area contributed by atoms with E-state index < -0.39 is 12.0 Å². The topological polar surface area (TPSA) is 84.5 Å². The van der Waals surface area contributed by atoms with Gasteiger partial charge in [-0.2, -0.15) is 0 Å². The van der Waals surface area contributed by atoms with Crippen LogP contribution in [0, 0.1) is 35.0 Å². The molecule has 4 fully saturated rings. The van der Waals surface area contributed by atoms with Crippen LogP contribution in [-0.2, 0) is 19.1 Å². The summed E-state index contributed by atoms with van der Waals surface area (Å²) in [5.74, 6) is 1.45. The molecule has 6 nitrogen and oxygen atoms in total. The molecule has 4 saturated carbocycles. The second kappa shape index (κ2) is 8.42. The van der Waals surface area contributed by atoms with E-state index in [-0.39, 0.29) is 29.8 Å². The largest absolute Gasteiger partial charge is 0.454 e. The highest BCUT2D eigenvalue weighted by molar-refractivity contribution is 5.89. The van der Waals surface area contributed by atoms with Gasteiger partial charge in [0, 0.05) is 12.0 Å². The first-order valence-corrected chi connectivity index (χ1v) is 10.9. The molecule has 2 N–H and O–H groups in total. The van der Waals surface area contributed by atoms with Gasteiger partial charge in [0.2, 0.25) is 5.91 Å². The van der Waals surface area contributed by atoms with Gasteiger partial charge in [-0.1, -0.05) is 27.7 Å². The molecular weight excluding hydrogens is 356 g/mol. The summed E-state index contributed by atoms with van der Waals surface area (Å²) in [6.45, 7) is 8.03. The van der Waals surface area contributed by atoms with Gasteiger partial charge >= 0.3 is 5.97 Å². The maximum atomic E-state index is 13.2. The molecule has 0 aromatic rings. The second-order valence-corrected chi connectivity index (χ2v) is 10.2. The molecule has 0 heterocycles. The minimum Gasteiger partial charge on any atom is -0.454 e.